The number of nitrogens with zero attached hydrogens (tertiary/aromatic N) is 5. The molecule has 3 heterocycles. The molecule has 0 radical (unpaired) electrons. The minimum absolute atomic E-state index is 0.0594. The summed E-state index contributed by atoms with van der Waals surface area (Å²) in [5.74, 6) is -0.565. The van der Waals surface area contributed by atoms with Crippen molar-refractivity contribution in [2.75, 3.05) is 22.6 Å². The van der Waals surface area contributed by atoms with E-state index in [1.807, 2.05) is 38.9 Å². The van der Waals surface area contributed by atoms with Crippen LogP contribution in [-0.2, 0) is 17.9 Å². The second-order valence-corrected chi connectivity index (χ2v) is 8.27. The molecule has 0 aliphatic carbocycles. The zero-order valence-corrected chi connectivity index (χ0v) is 18.4. The number of likely N-dealkylation sites (N-methyl/N-ethyl adjacent to an activating group) is 1. The van der Waals surface area contributed by atoms with Gasteiger partial charge in [0.05, 0.1) is 18.4 Å². The fourth-order valence-corrected chi connectivity index (χ4v) is 3.88. The Morgan fingerprint density at radius 2 is 1.97 bits per heavy atom. The maximum atomic E-state index is 13.4. The Morgan fingerprint density at radius 3 is 2.69 bits per heavy atom. The van der Waals surface area contributed by atoms with Crippen molar-refractivity contribution in [1.82, 2.24) is 19.7 Å². The molecule has 0 fully saturated rings. The van der Waals surface area contributed by atoms with Gasteiger partial charge in [0.2, 0.25) is 11.9 Å². The summed E-state index contributed by atoms with van der Waals surface area (Å²) < 4.78 is 28.2. The second-order valence-electron chi connectivity index (χ2n) is 8.27. The van der Waals surface area contributed by atoms with Gasteiger partial charge in [0, 0.05) is 25.4 Å². The molecule has 0 saturated carbocycles. The standard InChI is InChI=1S/C22H25F2N7O/c1-12(2)19-21(32)28-18-13(3)27-22(29-20(18)30(19)4)25-8-15-9-26-31(11-15)10-14-5-6-16(23)17(24)7-14/h5-7,9,11-12,19H,8,10H2,1-4H3,(H,28,32)(H,25,27,29)/t19-/m0/s1. The summed E-state index contributed by atoms with van der Waals surface area (Å²) in [4.78, 5) is 23.4. The van der Waals surface area contributed by atoms with Gasteiger partial charge in [-0.3, -0.25) is 9.48 Å². The summed E-state index contributed by atoms with van der Waals surface area (Å²) >= 11 is 0. The second kappa shape index (κ2) is 8.52. The molecule has 10 heteroatoms. The minimum atomic E-state index is -0.877. The fraction of sp³-hybridized carbons (Fsp3) is 0.364. The molecule has 8 nitrogen and oxygen atoms in total. The molecule has 0 spiro atoms. The van der Waals surface area contributed by atoms with Crippen molar-refractivity contribution in [3.05, 3.63) is 59.0 Å². The fourth-order valence-electron chi connectivity index (χ4n) is 3.88. The highest BCUT2D eigenvalue weighted by Crippen LogP contribution is 2.34. The lowest BCUT2D eigenvalue weighted by Crippen LogP contribution is -2.49. The monoisotopic (exact) mass is 441 g/mol. The normalized spacial score (nSPS) is 15.7. The molecular weight excluding hydrogens is 416 g/mol. The maximum Gasteiger partial charge on any atom is 0.247 e. The summed E-state index contributed by atoms with van der Waals surface area (Å²) in [5, 5.41) is 10.4. The predicted molar refractivity (Wildman–Crippen MR) is 117 cm³/mol. The first kappa shape index (κ1) is 21.7. The number of hydrogen-bond acceptors (Lipinski definition) is 6. The number of carbonyl (C=O) groups excluding carboxylic acids is 1. The molecule has 0 bridgehead atoms. The molecule has 32 heavy (non-hydrogen) atoms. The number of amides is 1. The number of carbonyl (C=O) groups is 1. The third-order valence-electron chi connectivity index (χ3n) is 5.44. The van der Waals surface area contributed by atoms with Gasteiger partial charge in [0.25, 0.3) is 0 Å². The van der Waals surface area contributed by atoms with Crippen molar-refractivity contribution in [2.45, 2.75) is 39.9 Å². The quantitative estimate of drug-likeness (QED) is 0.610. The van der Waals surface area contributed by atoms with Crippen molar-refractivity contribution in [2.24, 2.45) is 5.92 Å². The highest BCUT2D eigenvalue weighted by Gasteiger charge is 2.35. The van der Waals surface area contributed by atoms with Gasteiger partial charge in [-0.05, 0) is 30.5 Å². The first-order valence-electron chi connectivity index (χ1n) is 10.3. The van der Waals surface area contributed by atoms with Crippen molar-refractivity contribution in [1.29, 1.82) is 0 Å². The van der Waals surface area contributed by atoms with E-state index in [0.29, 0.717) is 41.8 Å². The van der Waals surface area contributed by atoms with Crippen molar-refractivity contribution in [3.8, 4) is 0 Å². The predicted octanol–water partition coefficient (Wildman–Crippen LogP) is 3.33. The van der Waals surface area contributed by atoms with Crippen LogP contribution in [-0.4, -0.2) is 38.7 Å². The lowest BCUT2D eigenvalue weighted by Gasteiger charge is -2.36. The molecule has 1 amide bonds. The van der Waals surface area contributed by atoms with Crippen LogP contribution in [0.4, 0.5) is 26.2 Å². The van der Waals surface area contributed by atoms with Crippen LogP contribution >= 0.6 is 0 Å². The van der Waals surface area contributed by atoms with Gasteiger partial charge in [-0.15, -0.1) is 0 Å². The number of aryl methyl sites for hydroxylation is 1. The van der Waals surface area contributed by atoms with E-state index in [0.717, 1.165) is 11.6 Å². The summed E-state index contributed by atoms with van der Waals surface area (Å²) in [7, 11) is 1.86. The molecule has 1 aromatic carbocycles. The largest absolute Gasteiger partial charge is 0.350 e. The number of benzene rings is 1. The van der Waals surface area contributed by atoms with Crippen LogP contribution in [0.15, 0.2) is 30.6 Å². The Kier molecular flexibility index (Phi) is 5.77. The zero-order chi connectivity index (χ0) is 23.0. The third kappa shape index (κ3) is 4.25. The van der Waals surface area contributed by atoms with E-state index in [9.17, 15) is 13.6 Å². The number of aromatic nitrogens is 4. The lowest BCUT2D eigenvalue weighted by atomic mass is 9.99. The Bertz CT molecular complexity index is 1160. The molecule has 1 atom stereocenters. The number of fused-ring (bicyclic) bond motifs is 1. The average molecular weight is 441 g/mol. The molecule has 4 rings (SSSR count). The first-order chi connectivity index (χ1) is 15.2. The van der Waals surface area contributed by atoms with Crippen LogP contribution in [0.2, 0.25) is 0 Å². The Balaban J connectivity index is 1.46. The van der Waals surface area contributed by atoms with Gasteiger partial charge in [-0.25, -0.2) is 13.8 Å². The van der Waals surface area contributed by atoms with Crippen molar-refractivity contribution in [3.63, 3.8) is 0 Å². The Labute approximate surface area is 184 Å². The number of rotatable bonds is 6. The summed E-state index contributed by atoms with van der Waals surface area (Å²) in [5.41, 5.74) is 2.80. The van der Waals surface area contributed by atoms with Crippen LogP contribution in [0.5, 0.6) is 0 Å². The molecule has 3 aromatic rings. The average Bonchev–Trinajstić information content (AvgIpc) is 3.17. The van der Waals surface area contributed by atoms with Gasteiger partial charge in [-0.2, -0.15) is 10.1 Å². The third-order valence-corrected chi connectivity index (χ3v) is 5.44. The number of halogens is 2. The van der Waals surface area contributed by atoms with E-state index < -0.39 is 11.6 Å². The number of hydrogen-bond donors (Lipinski definition) is 2. The van der Waals surface area contributed by atoms with E-state index >= 15 is 0 Å². The SMILES string of the molecule is Cc1nc(NCc2cnn(Cc3ccc(F)c(F)c3)c2)nc2c1NC(=O)[C@H](C(C)C)N2C. The molecule has 1 aliphatic rings. The summed E-state index contributed by atoms with van der Waals surface area (Å²) in [6, 6.07) is 3.49. The molecule has 168 valence electrons. The van der Waals surface area contributed by atoms with E-state index in [-0.39, 0.29) is 17.9 Å². The minimum Gasteiger partial charge on any atom is -0.350 e. The zero-order valence-electron chi connectivity index (χ0n) is 18.4. The topological polar surface area (TPSA) is 88.0 Å². The highest BCUT2D eigenvalue weighted by atomic mass is 19.2. The van der Waals surface area contributed by atoms with E-state index in [4.69, 9.17) is 0 Å². The van der Waals surface area contributed by atoms with Crippen LogP contribution in [0, 0.1) is 24.5 Å². The van der Waals surface area contributed by atoms with Crippen molar-refractivity contribution >= 4 is 23.4 Å². The first-order valence-corrected chi connectivity index (χ1v) is 10.3. The van der Waals surface area contributed by atoms with Gasteiger partial charge < -0.3 is 15.5 Å². The number of nitrogens with one attached hydrogen (secondary N) is 2. The van der Waals surface area contributed by atoms with Crippen LogP contribution < -0.4 is 15.5 Å². The number of anilines is 3. The smallest absolute Gasteiger partial charge is 0.247 e. The van der Waals surface area contributed by atoms with Crippen molar-refractivity contribution < 1.29 is 13.6 Å². The summed E-state index contributed by atoms with van der Waals surface area (Å²) in [6.45, 7) is 6.58. The molecule has 1 aliphatic heterocycles. The van der Waals surface area contributed by atoms with Crippen LogP contribution in [0.1, 0.15) is 30.7 Å². The molecule has 0 unspecified atom stereocenters. The lowest BCUT2D eigenvalue weighted by molar-refractivity contribution is -0.118. The van der Waals surface area contributed by atoms with Gasteiger partial charge in [0.15, 0.2) is 17.5 Å². The van der Waals surface area contributed by atoms with Gasteiger partial charge in [-0.1, -0.05) is 19.9 Å². The summed E-state index contributed by atoms with van der Waals surface area (Å²) in [6.07, 6.45) is 3.51. The Hall–Kier alpha value is -3.56. The van der Waals surface area contributed by atoms with Crippen LogP contribution in [0.3, 0.4) is 0 Å². The van der Waals surface area contributed by atoms with Gasteiger partial charge in [0.1, 0.15) is 11.7 Å². The Morgan fingerprint density at radius 1 is 1.19 bits per heavy atom. The molecule has 2 N–H and O–H groups in total. The van der Waals surface area contributed by atoms with E-state index in [1.165, 1.54) is 12.1 Å². The van der Waals surface area contributed by atoms with Gasteiger partial charge >= 0.3 is 0 Å². The maximum absolute atomic E-state index is 13.4. The molecule has 2 aromatic heterocycles. The van der Waals surface area contributed by atoms with E-state index in [2.05, 4.69) is 25.7 Å². The van der Waals surface area contributed by atoms with E-state index in [1.54, 1.807) is 10.9 Å². The molecule has 0 saturated heterocycles. The van der Waals surface area contributed by atoms with Crippen LogP contribution in [0.25, 0.3) is 0 Å². The molecular formula is C22H25F2N7O. The highest BCUT2D eigenvalue weighted by molar-refractivity contribution is 6.03.